The van der Waals surface area contributed by atoms with E-state index in [4.69, 9.17) is 10.5 Å². The maximum atomic E-state index is 11.5. The van der Waals surface area contributed by atoms with Gasteiger partial charge in [0.05, 0.1) is 12.2 Å². The number of hydrogen-bond donors (Lipinski definition) is 2. The number of ether oxygens (including phenoxy) is 1. The molecule has 0 spiro atoms. The van der Waals surface area contributed by atoms with E-state index < -0.39 is 0 Å². The average Bonchev–Trinajstić information content (AvgIpc) is 2.28. The van der Waals surface area contributed by atoms with Crippen LogP contribution in [0.3, 0.4) is 0 Å². The van der Waals surface area contributed by atoms with Gasteiger partial charge in [0.15, 0.2) is 0 Å². The number of nitrogens with one attached hydrogen (secondary N) is 1. The molecule has 0 fully saturated rings. The van der Waals surface area contributed by atoms with Gasteiger partial charge in [0.2, 0.25) is 0 Å². The molecule has 0 saturated heterocycles. The van der Waals surface area contributed by atoms with Crippen molar-refractivity contribution < 1.29 is 9.53 Å². The molecule has 1 aromatic rings. The van der Waals surface area contributed by atoms with Gasteiger partial charge < -0.3 is 15.8 Å². The molecule has 0 atom stereocenters. The fraction of sp³-hybridized carbons (Fsp3) is 0.417. The van der Waals surface area contributed by atoms with Crippen molar-refractivity contribution in [1.82, 2.24) is 5.32 Å². The zero-order valence-electron chi connectivity index (χ0n) is 9.75. The van der Waals surface area contributed by atoms with E-state index >= 15 is 0 Å². The van der Waals surface area contributed by atoms with Crippen LogP contribution in [0.5, 0.6) is 0 Å². The maximum absolute atomic E-state index is 11.5. The van der Waals surface area contributed by atoms with E-state index in [9.17, 15) is 4.79 Å². The van der Waals surface area contributed by atoms with Gasteiger partial charge in [-0.3, -0.25) is 0 Å². The molecule has 0 bridgehead atoms. The zero-order chi connectivity index (χ0) is 12.0. The molecule has 3 N–H and O–H groups in total. The molecule has 0 aromatic heterocycles. The lowest BCUT2D eigenvalue weighted by molar-refractivity contribution is 0.0526. The standard InChI is InChI=1S/C12H18N2O2/c1-3-14-8-10-7-9(5-6-11(10)13)12(15)16-4-2/h5-7,14H,3-4,8,13H2,1-2H3. The van der Waals surface area contributed by atoms with Crippen LogP contribution in [0.25, 0.3) is 0 Å². The number of nitrogens with two attached hydrogens (primary N) is 1. The number of hydrogen-bond acceptors (Lipinski definition) is 4. The Hall–Kier alpha value is -1.55. The number of anilines is 1. The molecule has 0 heterocycles. The largest absolute Gasteiger partial charge is 0.462 e. The first-order valence-electron chi connectivity index (χ1n) is 5.45. The highest BCUT2D eigenvalue weighted by Gasteiger charge is 2.08. The molecule has 0 radical (unpaired) electrons. The minimum absolute atomic E-state index is 0.305. The van der Waals surface area contributed by atoms with Gasteiger partial charge >= 0.3 is 5.97 Å². The van der Waals surface area contributed by atoms with Crippen LogP contribution in [0.2, 0.25) is 0 Å². The van der Waals surface area contributed by atoms with E-state index in [1.165, 1.54) is 0 Å². The number of nitrogen functional groups attached to an aromatic ring is 1. The fourth-order valence-electron chi connectivity index (χ4n) is 1.36. The summed E-state index contributed by atoms with van der Waals surface area (Å²) in [4.78, 5) is 11.5. The van der Waals surface area contributed by atoms with Gasteiger partial charge in [0.25, 0.3) is 0 Å². The summed E-state index contributed by atoms with van der Waals surface area (Å²) in [7, 11) is 0. The van der Waals surface area contributed by atoms with Crippen molar-refractivity contribution in [2.45, 2.75) is 20.4 Å². The van der Waals surface area contributed by atoms with Crippen molar-refractivity contribution in [3.05, 3.63) is 29.3 Å². The van der Waals surface area contributed by atoms with E-state index in [1.807, 2.05) is 6.92 Å². The van der Waals surface area contributed by atoms with Crippen LogP contribution in [-0.2, 0) is 11.3 Å². The Balaban J connectivity index is 2.84. The van der Waals surface area contributed by atoms with Gasteiger partial charge in [-0.15, -0.1) is 0 Å². The summed E-state index contributed by atoms with van der Waals surface area (Å²) in [6.07, 6.45) is 0. The summed E-state index contributed by atoms with van der Waals surface area (Å²) in [6, 6.07) is 5.19. The zero-order valence-corrected chi connectivity index (χ0v) is 9.75. The third kappa shape index (κ3) is 3.24. The van der Waals surface area contributed by atoms with Gasteiger partial charge in [0, 0.05) is 12.2 Å². The first-order chi connectivity index (χ1) is 7.69. The topological polar surface area (TPSA) is 64.3 Å². The van der Waals surface area contributed by atoms with Crippen LogP contribution in [0, 0.1) is 0 Å². The van der Waals surface area contributed by atoms with Crippen molar-refractivity contribution >= 4 is 11.7 Å². The fourth-order valence-corrected chi connectivity index (χ4v) is 1.36. The molecule has 88 valence electrons. The van der Waals surface area contributed by atoms with Gasteiger partial charge in [-0.2, -0.15) is 0 Å². The predicted octanol–water partition coefficient (Wildman–Crippen LogP) is 1.55. The third-order valence-electron chi connectivity index (χ3n) is 2.22. The van der Waals surface area contributed by atoms with Crippen LogP contribution in [0.1, 0.15) is 29.8 Å². The van der Waals surface area contributed by atoms with Crippen LogP contribution in [-0.4, -0.2) is 19.1 Å². The van der Waals surface area contributed by atoms with Crippen molar-refractivity contribution in [1.29, 1.82) is 0 Å². The second-order valence-corrected chi connectivity index (χ2v) is 3.41. The SMILES string of the molecule is CCNCc1cc(C(=O)OCC)ccc1N. The Morgan fingerprint density at radius 1 is 1.44 bits per heavy atom. The summed E-state index contributed by atoms with van der Waals surface area (Å²) in [5, 5.41) is 3.17. The third-order valence-corrected chi connectivity index (χ3v) is 2.22. The van der Waals surface area contributed by atoms with Crippen LogP contribution in [0.4, 0.5) is 5.69 Å². The molecule has 1 aromatic carbocycles. The normalized spacial score (nSPS) is 10.1. The smallest absolute Gasteiger partial charge is 0.338 e. The Kier molecular flexibility index (Phi) is 4.79. The molecule has 4 nitrogen and oxygen atoms in total. The van der Waals surface area contributed by atoms with E-state index in [0.717, 1.165) is 12.1 Å². The second kappa shape index (κ2) is 6.12. The van der Waals surface area contributed by atoms with Gasteiger partial charge in [-0.1, -0.05) is 6.92 Å². The molecular weight excluding hydrogens is 204 g/mol. The highest BCUT2D eigenvalue weighted by Crippen LogP contribution is 2.14. The minimum atomic E-state index is -0.305. The summed E-state index contributed by atoms with van der Waals surface area (Å²) in [6.45, 7) is 5.71. The summed E-state index contributed by atoms with van der Waals surface area (Å²) >= 11 is 0. The molecule has 0 aliphatic carbocycles. The first kappa shape index (κ1) is 12.5. The van der Waals surface area contributed by atoms with Crippen LogP contribution in [0.15, 0.2) is 18.2 Å². The molecule has 0 aliphatic heterocycles. The number of carbonyl (C=O) groups excluding carboxylic acids is 1. The van der Waals surface area contributed by atoms with Crippen LogP contribution < -0.4 is 11.1 Å². The summed E-state index contributed by atoms with van der Waals surface area (Å²) < 4.78 is 4.93. The highest BCUT2D eigenvalue weighted by atomic mass is 16.5. The number of carbonyl (C=O) groups is 1. The van der Waals surface area contributed by atoms with Crippen LogP contribution >= 0.6 is 0 Å². The Morgan fingerprint density at radius 3 is 2.81 bits per heavy atom. The molecule has 4 heteroatoms. The minimum Gasteiger partial charge on any atom is -0.462 e. The lowest BCUT2D eigenvalue weighted by Crippen LogP contribution is -2.14. The molecule has 16 heavy (non-hydrogen) atoms. The van der Waals surface area contributed by atoms with E-state index in [0.29, 0.717) is 24.4 Å². The molecular formula is C12H18N2O2. The lowest BCUT2D eigenvalue weighted by Gasteiger charge is -2.08. The second-order valence-electron chi connectivity index (χ2n) is 3.41. The number of rotatable bonds is 5. The Morgan fingerprint density at radius 2 is 2.19 bits per heavy atom. The molecule has 0 aliphatic rings. The average molecular weight is 222 g/mol. The van der Waals surface area contributed by atoms with Crippen molar-refractivity contribution in [2.24, 2.45) is 0 Å². The monoisotopic (exact) mass is 222 g/mol. The first-order valence-corrected chi connectivity index (χ1v) is 5.45. The molecule has 0 saturated carbocycles. The van der Waals surface area contributed by atoms with E-state index in [2.05, 4.69) is 5.32 Å². The highest BCUT2D eigenvalue weighted by molar-refractivity contribution is 5.90. The molecule has 0 unspecified atom stereocenters. The molecule has 0 amide bonds. The van der Waals surface area contributed by atoms with Crippen molar-refractivity contribution in [3.63, 3.8) is 0 Å². The summed E-state index contributed by atoms with van der Waals surface area (Å²) in [5.41, 5.74) is 7.97. The lowest BCUT2D eigenvalue weighted by atomic mass is 10.1. The van der Waals surface area contributed by atoms with Gasteiger partial charge in [0.1, 0.15) is 0 Å². The Bertz CT molecular complexity index is 364. The number of esters is 1. The van der Waals surface area contributed by atoms with E-state index in [-0.39, 0.29) is 5.97 Å². The van der Waals surface area contributed by atoms with Crippen molar-refractivity contribution in [3.8, 4) is 0 Å². The van der Waals surface area contributed by atoms with Gasteiger partial charge in [-0.05, 0) is 37.2 Å². The van der Waals surface area contributed by atoms with E-state index in [1.54, 1.807) is 25.1 Å². The Labute approximate surface area is 95.8 Å². The molecule has 1 rings (SSSR count). The predicted molar refractivity (Wildman–Crippen MR) is 64.2 cm³/mol. The van der Waals surface area contributed by atoms with Gasteiger partial charge in [-0.25, -0.2) is 4.79 Å². The summed E-state index contributed by atoms with van der Waals surface area (Å²) in [5.74, 6) is -0.305. The number of benzene rings is 1. The van der Waals surface area contributed by atoms with Crippen molar-refractivity contribution in [2.75, 3.05) is 18.9 Å². The quantitative estimate of drug-likeness (QED) is 0.586. The maximum Gasteiger partial charge on any atom is 0.338 e.